The van der Waals surface area contributed by atoms with Crippen LogP contribution in [-0.2, 0) is 16.1 Å². The van der Waals surface area contributed by atoms with Crippen LogP contribution < -0.4 is 4.90 Å². The van der Waals surface area contributed by atoms with Gasteiger partial charge in [-0.05, 0) is 49.8 Å². The molecule has 7 rings (SSSR count). The van der Waals surface area contributed by atoms with E-state index >= 15 is 0 Å². The molecule has 2 aliphatic heterocycles. The number of thiazole rings is 1. The molecule has 2 N–H and O–H groups in total. The van der Waals surface area contributed by atoms with Crippen LogP contribution in [0.5, 0.6) is 0 Å². The number of benzene rings is 1. The molecule has 2 aliphatic carbocycles. The first-order chi connectivity index (χ1) is 16.6. The predicted octanol–water partition coefficient (Wildman–Crippen LogP) is 3.68. The van der Waals surface area contributed by atoms with Gasteiger partial charge in [-0.3, -0.25) is 5.10 Å². The molecular weight excluding hydrogens is 454 g/mol. The van der Waals surface area contributed by atoms with E-state index in [9.17, 15) is 9.90 Å². The normalized spacial score (nSPS) is 28.4. The second-order valence-electron chi connectivity index (χ2n) is 10.1. The molecule has 4 fully saturated rings. The summed E-state index contributed by atoms with van der Waals surface area (Å²) in [5, 5.41) is 21.9. The molecule has 0 radical (unpaired) electrons. The van der Waals surface area contributed by atoms with Crippen LogP contribution in [0.15, 0.2) is 12.1 Å². The number of rotatable bonds is 7. The molecule has 2 bridgehead atoms. The zero-order valence-corrected chi connectivity index (χ0v) is 19.6. The van der Waals surface area contributed by atoms with Gasteiger partial charge in [-0.2, -0.15) is 0 Å². The number of nitrogens with zero attached hydrogens (tertiary/aromatic N) is 4. The molecule has 178 valence electrons. The second-order valence-corrected chi connectivity index (χ2v) is 11.1. The van der Waals surface area contributed by atoms with Crippen molar-refractivity contribution in [3.05, 3.63) is 34.6 Å². The maximum atomic E-state index is 11.7. The number of aromatic carboxylic acids is 1. The van der Waals surface area contributed by atoms with E-state index < -0.39 is 5.97 Å². The van der Waals surface area contributed by atoms with Crippen LogP contribution in [0.1, 0.15) is 71.2 Å². The maximum Gasteiger partial charge on any atom is 0.335 e. The Morgan fingerprint density at radius 1 is 1.26 bits per heavy atom. The fraction of sp³-hybridized carbons (Fsp3) is 0.583. The van der Waals surface area contributed by atoms with Crippen LogP contribution in [0.4, 0.5) is 5.13 Å². The first-order valence-electron chi connectivity index (χ1n) is 12.2. The van der Waals surface area contributed by atoms with Crippen LogP contribution >= 0.6 is 11.3 Å². The molecule has 0 unspecified atom stereocenters. The SMILES string of the molecule is O=C(O)c1cc([C@@H]2CCOC2)c2nc(N3C[C@@H]4C[C@H]3C[C@H]4OCc3[nH]nnc3C3CC3)sc2c1. The number of H-pyrrole nitrogens is 1. The van der Waals surface area contributed by atoms with Crippen molar-refractivity contribution in [2.24, 2.45) is 5.92 Å². The molecule has 1 aromatic carbocycles. The highest BCUT2D eigenvalue weighted by molar-refractivity contribution is 7.22. The number of carbonyl (C=O) groups is 1. The Morgan fingerprint density at radius 3 is 2.91 bits per heavy atom. The Morgan fingerprint density at radius 2 is 2.18 bits per heavy atom. The topological polar surface area (TPSA) is 113 Å². The van der Waals surface area contributed by atoms with E-state index in [0.29, 0.717) is 43.3 Å². The predicted molar refractivity (Wildman–Crippen MR) is 126 cm³/mol. The third kappa shape index (κ3) is 3.50. The molecular formula is C24H27N5O4S. The largest absolute Gasteiger partial charge is 0.478 e. The van der Waals surface area contributed by atoms with Crippen LogP contribution in [0.3, 0.4) is 0 Å². The highest BCUT2D eigenvalue weighted by Gasteiger charge is 2.46. The van der Waals surface area contributed by atoms with Crippen LogP contribution in [0, 0.1) is 5.92 Å². The third-order valence-electron chi connectivity index (χ3n) is 7.91. The van der Waals surface area contributed by atoms with Crippen molar-refractivity contribution in [2.45, 2.75) is 62.7 Å². The summed E-state index contributed by atoms with van der Waals surface area (Å²) in [5.41, 5.74) is 4.41. The van der Waals surface area contributed by atoms with E-state index in [2.05, 4.69) is 20.3 Å². The molecule has 2 saturated heterocycles. The second kappa shape index (κ2) is 8.00. The smallest absolute Gasteiger partial charge is 0.335 e. The maximum absolute atomic E-state index is 11.7. The number of fused-ring (bicyclic) bond motifs is 3. The molecule has 0 amide bonds. The molecule has 9 nitrogen and oxygen atoms in total. The molecule has 34 heavy (non-hydrogen) atoms. The number of aromatic nitrogens is 4. The van der Waals surface area contributed by atoms with E-state index in [1.54, 1.807) is 23.5 Å². The van der Waals surface area contributed by atoms with E-state index in [0.717, 1.165) is 58.1 Å². The number of carboxylic acid groups (broad SMARTS) is 1. The standard InChI is InChI=1S/C24H27N5O4S/c30-23(31)14-6-17(13-3-4-32-10-13)22-20(7-14)34-24(25-22)29-9-15-5-16(29)8-19(15)33-11-18-21(12-1-2-12)27-28-26-18/h6-7,12-13,15-16,19H,1-5,8-11H2,(H,30,31)(H,26,27,28)/t13-,15+,16+,19-/m1/s1. The summed E-state index contributed by atoms with van der Waals surface area (Å²) in [6.07, 6.45) is 5.66. The van der Waals surface area contributed by atoms with Gasteiger partial charge in [0, 0.05) is 36.9 Å². The summed E-state index contributed by atoms with van der Waals surface area (Å²) >= 11 is 1.61. The lowest BCUT2D eigenvalue weighted by atomic mass is 9.95. The average Bonchev–Trinajstić information content (AvgIpc) is 3.39. The number of ether oxygens (including phenoxy) is 2. The van der Waals surface area contributed by atoms with Gasteiger partial charge in [-0.15, -0.1) is 5.10 Å². The summed E-state index contributed by atoms with van der Waals surface area (Å²) in [6.45, 7) is 2.83. The fourth-order valence-electron chi connectivity index (χ4n) is 5.96. The van der Waals surface area contributed by atoms with Crippen molar-refractivity contribution in [3.8, 4) is 0 Å². The first-order valence-corrected chi connectivity index (χ1v) is 13.0. The van der Waals surface area contributed by atoms with E-state index in [-0.39, 0.29) is 12.0 Å². The Hall–Kier alpha value is -2.56. The van der Waals surface area contributed by atoms with Gasteiger partial charge in [0.1, 0.15) is 0 Å². The fourth-order valence-corrected chi connectivity index (χ4v) is 7.08. The Labute approximate surface area is 200 Å². The van der Waals surface area contributed by atoms with Gasteiger partial charge in [0.25, 0.3) is 0 Å². The zero-order valence-electron chi connectivity index (χ0n) is 18.8. The molecule has 0 spiro atoms. The number of carboxylic acids is 1. The van der Waals surface area contributed by atoms with Crippen molar-refractivity contribution in [1.29, 1.82) is 0 Å². The first kappa shape index (κ1) is 20.8. The quantitative estimate of drug-likeness (QED) is 0.525. The number of anilines is 1. The lowest BCUT2D eigenvalue weighted by Gasteiger charge is -2.31. The summed E-state index contributed by atoms with van der Waals surface area (Å²) in [6, 6.07) is 3.98. The van der Waals surface area contributed by atoms with Crippen molar-refractivity contribution in [3.63, 3.8) is 0 Å². The monoisotopic (exact) mass is 481 g/mol. The molecule has 2 aromatic heterocycles. The van der Waals surface area contributed by atoms with Crippen molar-refractivity contribution >= 4 is 32.7 Å². The average molecular weight is 482 g/mol. The van der Waals surface area contributed by atoms with Gasteiger partial charge in [-0.1, -0.05) is 16.6 Å². The Kier molecular flexibility index (Phi) is 4.89. The molecule has 4 atom stereocenters. The highest BCUT2D eigenvalue weighted by atomic mass is 32.1. The van der Waals surface area contributed by atoms with E-state index in [1.807, 2.05) is 0 Å². The minimum atomic E-state index is -0.894. The number of hydrogen-bond donors (Lipinski definition) is 2. The van der Waals surface area contributed by atoms with E-state index in [1.165, 1.54) is 12.8 Å². The summed E-state index contributed by atoms with van der Waals surface area (Å²) in [7, 11) is 0. The number of nitrogens with one attached hydrogen (secondary N) is 1. The van der Waals surface area contributed by atoms with Gasteiger partial charge in [0.05, 0.1) is 46.5 Å². The van der Waals surface area contributed by atoms with Crippen molar-refractivity contribution < 1.29 is 19.4 Å². The minimum absolute atomic E-state index is 0.210. The van der Waals surface area contributed by atoms with Gasteiger partial charge in [0.15, 0.2) is 5.13 Å². The Bertz CT molecular complexity index is 1250. The van der Waals surface area contributed by atoms with Gasteiger partial charge < -0.3 is 19.5 Å². The van der Waals surface area contributed by atoms with Gasteiger partial charge >= 0.3 is 5.97 Å². The summed E-state index contributed by atoms with van der Waals surface area (Å²) in [5.74, 6) is 0.361. The third-order valence-corrected chi connectivity index (χ3v) is 8.95. The lowest BCUT2D eigenvalue weighted by Crippen LogP contribution is -2.38. The number of piperidine rings is 1. The number of hydrogen-bond acceptors (Lipinski definition) is 8. The van der Waals surface area contributed by atoms with Crippen molar-refractivity contribution in [1.82, 2.24) is 20.4 Å². The Balaban J connectivity index is 1.09. The molecule has 3 aromatic rings. The summed E-state index contributed by atoms with van der Waals surface area (Å²) in [4.78, 5) is 19.2. The molecule has 10 heteroatoms. The molecule has 4 aliphatic rings. The molecule has 4 heterocycles. The zero-order chi connectivity index (χ0) is 22.8. The summed E-state index contributed by atoms with van der Waals surface area (Å²) < 4.78 is 12.9. The minimum Gasteiger partial charge on any atom is -0.478 e. The van der Waals surface area contributed by atoms with Crippen molar-refractivity contribution in [2.75, 3.05) is 24.7 Å². The van der Waals surface area contributed by atoms with Gasteiger partial charge in [0.2, 0.25) is 0 Å². The van der Waals surface area contributed by atoms with E-state index in [4.69, 9.17) is 14.5 Å². The van der Waals surface area contributed by atoms with Crippen LogP contribution in [-0.4, -0.2) is 63.4 Å². The van der Waals surface area contributed by atoms with Crippen LogP contribution in [0.25, 0.3) is 10.2 Å². The highest BCUT2D eigenvalue weighted by Crippen LogP contribution is 2.46. The molecule has 2 saturated carbocycles. The van der Waals surface area contributed by atoms with Gasteiger partial charge in [-0.25, -0.2) is 9.78 Å². The van der Waals surface area contributed by atoms with Crippen LogP contribution in [0.2, 0.25) is 0 Å². The number of aromatic amines is 1. The lowest BCUT2D eigenvalue weighted by molar-refractivity contribution is 0.0108.